The van der Waals surface area contributed by atoms with Crippen molar-refractivity contribution in [3.05, 3.63) is 0 Å². The Kier molecular flexibility index (Phi) is 1.99. The summed E-state index contributed by atoms with van der Waals surface area (Å²) in [5.74, 6) is 0.621. The van der Waals surface area contributed by atoms with Crippen molar-refractivity contribution >= 4 is 5.97 Å². The van der Waals surface area contributed by atoms with Gasteiger partial charge in [-0.3, -0.25) is 4.79 Å². The van der Waals surface area contributed by atoms with Crippen LogP contribution in [0.25, 0.3) is 0 Å². The van der Waals surface area contributed by atoms with Crippen LogP contribution in [0.4, 0.5) is 0 Å². The molecule has 90 valence electrons. The van der Waals surface area contributed by atoms with Crippen LogP contribution in [-0.4, -0.2) is 21.8 Å². The van der Waals surface area contributed by atoms with Gasteiger partial charge in [0, 0.05) is 0 Å². The molecule has 0 aromatic heterocycles. The first-order valence-electron chi connectivity index (χ1n) is 6.47. The van der Waals surface area contributed by atoms with E-state index in [1.54, 1.807) is 0 Å². The zero-order valence-corrected chi connectivity index (χ0v) is 9.78. The van der Waals surface area contributed by atoms with Gasteiger partial charge in [0.15, 0.2) is 0 Å². The average molecular weight is 224 g/mol. The summed E-state index contributed by atoms with van der Waals surface area (Å²) in [5.41, 5.74) is -1.76. The van der Waals surface area contributed by atoms with Crippen LogP contribution in [0, 0.1) is 23.2 Å². The van der Waals surface area contributed by atoms with Gasteiger partial charge >= 0.3 is 5.97 Å². The first-order valence-corrected chi connectivity index (χ1v) is 6.47. The molecule has 0 aromatic rings. The fourth-order valence-electron chi connectivity index (χ4n) is 5.23. The van der Waals surface area contributed by atoms with Gasteiger partial charge in [0.05, 0.1) is 11.0 Å². The minimum absolute atomic E-state index is 0.214. The molecule has 0 radical (unpaired) electrons. The van der Waals surface area contributed by atoms with Crippen molar-refractivity contribution in [2.45, 2.75) is 51.0 Å². The van der Waals surface area contributed by atoms with Crippen molar-refractivity contribution in [2.75, 3.05) is 0 Å². The molecule has 0 aliphatic heterocycles. The Bertz CT molecular complexity index is 324. The van der Waals surface area contributed by atoms with E-state index in [4.69, 9.17) is 0 Å². The second-order valence-electron chi connectivity index (χ2n) is 6.21. The SMILES string of the molecule is CCC1(C(=O)O)C2CC3CC(C2)CC1(O)C3. The summed E-state index contributed by atoms with van der Waals surface area (Å²) in [4.78, 5) is 11.7. The third kappa shape index (κ3) is 1.01. The number of carboxylic acid groups (broad SMARTS) is 1. The van der Waals surface area contributed by atoms with Gasteiger partial charge in [-0.15, -0.1) is 0 Å². The molecule has 3 atom stereocenters. The lowest BCUT2D eigenvalue weighted by Crippen LogP contribution is -2.67. The molecule has 4 rings (SSSR count). The van der Waals surface area contributed by atoms with E-state index in [1.165, 1.54) is 6.42 Å². The lowest BCUT2D eigenvalue weighted by molar-refractivity contribution is -0.236. The lowest BCUT2D eigenvalue weighted by atomic mass is 9.42. The summed E-state index contributed by atoms with van der Waals surface area (Å²) in [6.45, 7) is 1.92. The maximum absolute atomic E-state index is 11.7. The summed E-state index contributed by atoms with van der Waals surface area (Å²) in [6, 6.07) is 0. The standard InChI is InChI=1S/C13H20O3/c1-2-13(11(14)15)10-4-8-3-9(5-10)7-12(13,16)6-8/h8-10,16H,2-7H2,1H3,(H,14,15). The summed E-state index contributed by atoms with van der Waals surface area (Å²) in [5, 5.41) is 20.4. The van der Waals surface area contributed by atoms with Gasteiger partial charge in [-0.2, -0.15) is 0 Å². The fraction of sp³-hybridized carbons (Fsp3) is 0.923. The second kappa shape index (κ2) is 3.00. The lowest BCUT2D eigenvalue weighted by Gasteiger charge is -2.63. The molecule has 2 N–H and O–H groups in total. The number of aliphatic carboxylic acids is 1. The average Bonchev–Trinajstić information content (AvgIpc) is 2.14. The highest BCUT2D eigenvalue weighted by Gasteiger charge is 2.67. The highest BCUT2D eigenvalue weighted by Crippen LogP contribution is 2.65. The Hall–Kier alpha value is -0.570. The first-order chi connectivity index (χ1) is 7.52. The number of carboxylic acids is 1. The van der Waals surface area contributed by atoms with Gasteiger partial charge in [-0.25, -0.2) is 0 Å². The Morgan fingerprint density at radius 3 is 2.19 bits per heavy atom. The Balaban J connectivity index is 2.08. The topological polar surface area (TPSA) is 57.5 Å². The molecule has 4 fully saturated rings. The van der Waals surface area contributed by atoms with Crippen LogP contribution in [0.5, 0.6) is 0 Å². The van der Waals surface area contributed by atoms with Crippen LogP contribution in [0.15, 0.2) is 0 Å². The molecule has 3 unspecified atom stereocenters. The Labute approximate surface area is 95.9 Å². The van der Waals surface area contributed by atoms with Gasteiger partial charge in [0.1, 0.15) is 0 Å². The van der Waals surface area contributed by atoms with E-state index < -0.39 is 17.0 Å². The fourth-order valence-corrected chi connectivity index (χ4v) is 5.23. The third-order valence-corrected chi connectivity index (χ3v) is 5.62. The molecule has 0 aromatic carbocycles. The Morgan fingerprint density at radius 1 is 1.25 bits per heavy atom. The first kappa shape index (κ1) is 10.6. The van der Waals surface area contributed by atoms with Crippen molar-refractivity contribution in [3.8, 4) is 0 Å². The number of rotatable bonds is 2. The van der Waals surface area contributed by atoms with E-state index in [1.807, 2.05) is 6.92 Å². The highest BCUT2D eigenvalue weighted by atomic mass is 16.4. The van der Waals surface area contributed by atoms with Crippen molar-refractivity contribution in [1.82, 2.24) is 0 Å². The van der Waals surface area contributed by atoms with E-state index >= 15 is 0 Å². The maximum atomic E-state index is 11.7. The molecule has 4 bridgehead atoms. The zero-order valence-electron chi connectivity index (χ0n) is 9.78. The van der Waals surface area contributed by atoms with Gasteiger partial charge < -0.3 is 10.2 Å². The van der Waals surface area contributed by atoms with E-state index in [2.05, 4.69) is 0 Å². The monoisotopic (exact) mass is 224 g/mol. The molecule has 0 saturated heterocycles. The smallest absolute Gasteiger partial charge is 0.312 e. The van der Waals surface area contributed by atoms with Gasteiger partial charge in [-0.05, 0) is 56.3 Å². The molecular weight excluding hydrogens is 204 g/mol. The molecule has 0 heterocycles. The third-order valence-electron chi connectivity index (χ3n) is 5.62. The number of carbonyl (C=O) groups is 1. The van der Waals surface area contributed by atoms with Crippen LogP contribution in [-0.2, 0) is 4.79 Å². The Morgan fingerprint density at radius 2 is 1.81 bits per heavy atom. The molecule has 0 amide bonds. The molecule has 4 saturated carbocycles. The van der Waals surface area contributed by atoms with Crippen molar-refractivity contribution < 1.29 is 15.0 Å². The molecule has 3 nitrogen and oxygen atoms in total. The molecule has 16 heavy (non-hydrogen) atoms. The van der Waals surface area contributed by atoms with Gasteiger partial charge in [0.2, 0.25) is 0 Å². The van der Waals surface area contributed by atoms with Crippen molar-refractivity contribution in [3.63, 3.8) is 0 Å². The predicted molar refractivity (Wildman–Crippen MR) is 58.9 cm³/mol. The summed E-state index contributed by atoms with van der Waals surface area (Å²) < 4.78 is 0. The summed E-state index contributed by atoms with van der Waals surface area (Å²) in [7, 11) is 0. The van der Waals surface area contributed by atoms with E-state index in [-0.39, 0.29) is 5.92 Å². The number of aliphatic hydroxyl groups is 1. The minimum Gasteiger partial charge on any atom is -0.481 e. The predicted octanol–water partition coefficient (Wildman–Crippen LogP) is 2.04. The van der Waals surface area contributed by atoms with Crippen LogP contribution >= 0.6 is 0 Å². The van der Waals surface area contributed by atoms with Crippen LogP contribution in [0.1, 0.15) is 45.4 Å². The zero-order chi connectivity index (χ0) is 11.6. The molecule has 4 aliphatic rings. The summed E-state index contributed by atoms with van der Waals surface area (Å²) in [6.07, 6.45) is 5.29. The second-order valence-corrected chi connectivity index (χ2v) is 6.21. The van der Waals surface area contributed by atoms with Gasteiger partial charge in [-0.1, -0.05) is 6.92 Å². The number of hydrogen-bond donors (Lipinski definition) is 2. The number of hydrogen-bond acceptors (Lipinski definition) is 2. The molecular formula is C13H20O3. The van der Waals surface area contributed by atoms with Crippen LogP contribution < -0.4 is 0 Å². The molecule has 3 heteroatoms. The quantitative estimate of drug-likeness (QED) is 0.754. The minimum atomic E-state index is -0.914. The van der Waals surface area contributed by atoms with Gasteiger partial charge in [0.25, 0.3) is 0 Å². The van der Waals surface area contributed by atoms with Crippen LogP contribution in [0.2, 0.25) is 0 Å². The normalized spacial score (nSPS) is 54.2. The van der Waals surface area contributed by atoms with Crippen molar-refractivity contribution in [2.24, 2.45) is 23.2 Å². The van der Waals surface area contributed by atoms with E-state index in [0.717, 1.165) is 25.7 Å². The van der Waals surface area contributed by atoms with E-state index in [9.17, 15) is 15.0 Å². The summed E-state index contributed by atoms with van der Waals surface area (Å²) >= 11 is 0. The maximum Gasteiger partial charge on any atom is 0.312 e. The highest BCUT2D eigenvalue weighted by molar-refractivity contribution is 5.77. The van der Waals surface area contributed by atoms with Crippen LogP contribution in [0.3, 0.4) is 0 Å². The molecule has 0 spiro atoms. The largest absolute Gasteiger partial charge is 0.481 e. The van der Waals surface area contributed by atoms with Crippen molar-refractivity contribution in [1.29, 1.82) is 0 Å². The molecule has 4 aliphatic carbocycles. The van der Waals surface area contributed by atoms with E-state index in [0.29, 0.717) is 18.3 Å².